The SMILES string of the molecule is CN=C(NCC(C)(C)NC(C)c1ccccc1)N1CCC(OCC2CCCCO2)CC1.I. The summed E-state index contributed by atoms with van der Waals surface area (Å²) in [5, 5.41) is 7.33. The van der Waals surface area contributed by atoms with Gasteiger partial charge in [-0.2, -0.15) is 0 Å². The summed E-state index contributed by atoms with van der Waals surface area (Å²) in [6.45, 7) is 11.1. The number of hydrogen-bond donors (Lipinski definition) is 2. The molecule has 2 heterocycles. The predicted octanol–water partition coefficient (Wildman–Crippen LogP) is 4.36. The number of hydrogen-bond acceptors (Lipinski definition) is 4. The third-order valence-electron chi connectivity index (χ3n) is 6.34. The van der Waals surface area contributed by atoms with E-state index in [1.165, 1.54) is 18.4 Å². The summed E-state index contributed by atoms with van der Waals surface area (Å²) in [6, 6.07) is 10.9. The van der Waals surface area contributed by atoms with E-state index < -0.39 is 0 Å². The van der Waals surface area contributed by atoms with Gasteiger partial charge in [-0.1, -0.05) is 30.3 Å². The van der Waals surface area contributed by atoms with Crippen molar-refractivity contribution in [3.8, 4) is 0 Å². The molecule has 0 aromatic heterocycles. The molecule has 0 bridgehead atoms. The molecule has 2 atom stereocenters. The second-order valence-electron chi connectivity index (χ2n) is 9.57. The van der Waals surface area contributed by atoms with Crippen LogP contribution >= 0.6 is 24.0 Å². The second kappa shape index (κ2) is 13.7. The number of rotatable bonds is 8. The van der Waals surface area contributed by atoms with Crippen LogP contribution in [0.25, 0.3) is 0 Å². The van der Waals surface area contributed by atoms with Crippen LogP contribution in [0.5, 0.6) is 0 Å². The van der Waals surface area contributed by atoms with E-state index in [9.17, 15) is 0 Å². The maximum Gasteiger partial charge on any atom is 0.193 e. The molecule has 3 rings (SSSR count). The Kier molecular flexibility index (Phi) is 11.7. The summed E-state index contributed by atoms with van der Waals surface area (Å²) in [6.07, 6.45) is 6.32. The highest BCUT2D eigenvalue weighted by Crippen LogP contribution is 2.19. The van der Waals surface area contributed by atoms with Crippen molar-refractivity contribution in [2.45, 2.75) is 76.7 Å². The highest BCUT2D eigenvalue weighted by Gasteiger charge is 2.26. The number of nitrogens with zero attached hydrogens (tertiary/aromatic N) is 2. The topological polar surface area (TPSA) is 58.1 Å². The average molecular weight is 559 g/mol. The average Bonchev–Trinajstić information content (AvgIpc) is 2.80. The first-order valence-corrected chi connectivity index (χ1v) is 12.0. The minimum atomic E-state index is -0.0629. The molecule has 0 saturated carbocycles. The van der Waals surface area contributed by atoms with Crippen molar-refractivity contribution in [2.24, 2.45) is 4.99 Å². The van der Waals surface area contributed by atoms with Crippen LogP contribution in [-0.2, 0) is 9.47 Å². The Morgan fingerprint density at radius 3 is 2.53 bits per heavy atom. The van der Waals surface area contributed by atoms with Crippen molar-refractivity contribution in [3.63, 3.8) is 0 Å². The van der Waals surface area contributed by atoms with Crippen molar-refractivity contribution >= 4 is 29.9 Å². The highest BCUT2D eigenvalue weighted by atomic mass is 127. The smallest absolute Gasteiger partial charge is 0.193 e. The first kappa shape index (κ1) is 27.3. The molecule has 1 aromatic carbocycles. The van der Waals surface area contributed by atoms with Gasteiger partial charge in [0.2, 0.25) is 0 Å². The number of aliphatic imine (C=N–C) groups is 1. The van der Waals surface area contributed by atoms with Gasteiger partial charge in [0.1, 0.15) is 0 Å². The standard InChI is InChI=1S/C25H42N4O2.HI/c1-20(21-10-6-5-7-11-21)28-25(2,3)19-27-24(26-4)29-15-13-22(14-16-29)31-18-23-12-8-9-17-30-23;/h5-7,10-11,20,22-23,28H,8-9,12-19H2,1-4H3,(H,26,27);1H. The van der Waals surface area contributed by atoms with Gasteiger partial charge in [-0.25, -0.2) is 0 Å². The summed E-state index contributed by atoms with van der Waals surface area (Å²) < 4.78 is 12.0. The highest BCUT2D eigenvalue weighted by molar-refractivity contribution is 14.0. The Labute approximate surface area is 211 Å². The lowest BCUT2D eigenvalue weighted by atomic mass is 10.0. The van der Waals surface area contributed by atoms with Crippen LogP contribution in [-0.4, -0.2) is 68.5 Å². The van der Waals surface area contributed by atoms with Crippen LogP contribution in [0.2, 0.25) is 0 Å². The van der Waals surface area contributed by atoms with Gasteiger partial charge in [-0.15, -0.1) is 24.0 Å². The van der Waals surface area contributed by atoms with Crippen molar-refractivity contribution in [1.82, 2.24) is 15.5 Å². The number of nitrogens with one attached hydrogen (secondary N) is 2. The lowest BCUT2D eigenvalue weighted by molar-refractivity contribution is -0.0721. The summed E-state index contributed by atoms with van der Waals surface area (Å²) in [7, 11) is 1.87. The van der Waals surface area contributed by atoms with E-state index in [4.69, 9.17) is 9.47 Å². The van der Waals surface area contributed by atoms with Gasteiger partial charge in [0.05, 0.1) is 18.8 Å². The van der Waals surface area contributed by atoms with E-state index in [1.54, 1.807) is 0 Å². The Hall–Kier alpha value is -0.900. The molecular formula is C25H43IN4O2. The van der Waals surface area contributed by atoms with Crippen molar-refractivity contribution in [2.75, 3.05) is 39.9 Å². The molecule has 0 spiro atoms. The summed E-state index contributed by atoms with van der Waals surface area (Å²) >= 11 is 0. The van der Waals surface area contributed by atoms with Crippen molar-refractivity contribution in [1.29, 1.82) is 0 Å². The zero-order chi connectivity index (χ0) is 22.1. The number of piperidine rings is 1. The number of likely N-dealkylation sites (tertiary alicyclic amines) is 1. The van der Waals surface area contributed by atoms with Crippen LogP contribution in [0.4, 0.5) is 0 Å². The largest absolute Gasteiger partial charge is 0.376 e. The first-order valence-electron chi connectivity index (χ1n) is 12.0. The van der Waals surface area contributed by atoms with E-state index >= 15 is 0 Å². The molecule has 32 heavy (non-hydrogen) atoms. The minimum absolute atomic E-state index is 0. The van der Waals surface area contributed by atoms with Crippen LogP contribution in [0.15, 0.2) is 35.3 Å². The summed E-state index contributed by atoms with van der Waals surface area (Å²) in [4.78, 5) is 6.89. The molecule has 2 fully saturated rings. The van der Waals surface area contributed by atoms with E-state index in [-0.39, 0.29) is 29.5 Å². The second-order valence-corrected chi connectivity index (χ2v) is 9.57. The van der Waals surface area contributed by atoms with Crippen LogP contribution < -0.4 is 10.6 Å². The molecule has 0 aliphatic carbocycles. The van der Waals surface area contributed by atoms with Crippen molar-refractivity contribution < 1.29 is 9.47 Å². The fraction of sp³-hybridized carbons (Fsp3) is 0.720. The van der Waals surface area contributed by atoms with E-state index in [1.807, 2.05) is 7.05 Å². The van der Waals surface area contributed by atoms with E-state index in [0.29, 0.717) is 18.2 Å². The molecule has 2 aliphatic rings. The van der Waals surface area contributed by atoms with Crippen LogP contribution in [0, 0.1) is 0 Å². The predicted molar refractivity (Wildman–Crippen MR) is 143 cm³/mol. The lowest BCUT2D eigenvalue weighted by Gasteiger charge is -2.37. The molecular weight excluding hydrogens is 515 g/mol. The molecule has 6 nitrogen and oxygen atoms in total. The molecule has 2 aliphatic heterocycles. The fourth-order valence-corrected chi connectivity index (χ4v) is 4.51. The van der Waals surface area contributed by atoms with Gasteiger partial charge in [0, 0.05) is 44.9 Å². The number of halogens is 1. The Morgan fingerprint density at radius 2 is 1.91 bits per heavy atom. The third kappa shape index (κ3) is 8.80. The Morgan fingerprint density at radius 1 is 1.19 bits per heavy atom. The maximum atomic E-state index is 6.16. The molecule has 2 saturated heterocycles. The molecule has 2 N–H and O–H groups in total. The number of guanidine groups is 1. The minimum Gasteiger partial charge on any atom is -0.376 e. The van der Waals surface area contributed by atoms with E-state index in [0.717, 1.165) is 58.1 Å². The normalized spacial score (nSPS) is 21.7. The monoisotopic (exact) mass is 558 g/mol. The van der Waals surface area contributed by atoms with Gasteiger partial charge in [-0.05, 0) is 58.4 Å². The first-order chi connectivity index (χ1) is 15.0. The zero-order valence-electron chi connectivity index (χ0n) is 20.3. The van der Waals surface area contributed by atoms with E-state index in [2.05, 4.69) is 71.6 Å². The van der Waals surface area contributed by atoms with Gasteiger partial charge in [0.25, 0.3) is 0 Å². The van der Waals surface area contributed by atoms with Crippen molar-refractivity contribution in [3.05, 3.63) is 35.9 Å². The third-order valence-corrected chi connectivity index (χ3v) is 6.34. The summed E-state index contributed by atoms with van der Waals surface area (Å²) in [5.41, 5.74) is 1.24. The fourth-order valence-electron chi connectivity index (χ4n) is 4.51. The molecule has 0 radical (unpaired) electrons. The van der Waals surface area contributed by atoms with Crippen LogP contribution in [0.3, 0.4) is 0 Å². The molecule has 0 amide bonds. The molecule has 7 heteroatoms. The Balaban J connectivity index is 0.00000363. The molecule has 182 valence electrons. The van der Waals surface area contributed by atoms with Gasteiger partial charge >= 0.3 is 0 Å². The van der Waals surface area contributed by atoms with Gasteiger partial charge < -0.3 is 25.0 Å². The lowest BCUT2D eigenvalue weighted by Crippen LogP contribution is -2.54. The van der Waals surface area contributed by atoms with Gasteiger partial charge in [-0.3, -0.25) is 4.99 Å². The number of benzene rings is 1. The zero-order valence-corrected chi connectivity index (χ0v) is 22.6. The number of ether oxygens (including phenoxy) is 2. The van der Waals surface area contributed by atoms with Gasteiger partial charge in [0.15, 0.2) is 5.96 Å². The molecule has 1 aromatic rings. The quantitative estimate of drug-likeness (QED) is 0.282. The summed E-state index contributed by atoms with van der Waals surface area (Å²) in [5.74, 6) is 0.983. The Bertz CT molecular complexity index is 672. The molecule has 2 unspecified atom stereocenters. The van der Waals surface area contributed by atoms with Crippen LogP contribution in [0.1, 0.15) is 64.5 Å². The maximum absolute atomic E-state index is 6.16.